The zero-order valence-corrected chi connectivity index (χ0v) is 24.0. The first-order valence-corrected chi connectivity index (χ1v) is 15.6. The first kappa shape index (κ1) is 27.2. The SMILES string of the molecule is CC(C)=CCC/C(C)=C/CN(P(c1ccccc1)c1ccccc1)P(c1ccccc1)c1ccccc1. The van der Waals surface area contributed by atoms with Crippen LogP contribution in [0.2, 0.25) is 0 Å². The lowest BCUT2D eigenvalue weighted by Crippen LogP contribution is -2.32. The molecule has 4 rings (SSSR count). The van der Waals surface area contributed by atoms with E-state index in [4.69, 9.17) is 0 Å². The summed E-state index contributed by atoms with van der Waals surface area (Å²) in [7, 11) is -1.50. The molecule has 0 bridgehead atoms. The van der Waals surface area contributed by atoms with E-state index in [2.05, 4.69) is 159 Å². The second-order valence-electron chi connectivity index (χ2n) is 9.39. The van der Waals surface area contributed by atoms with E-state index >= 15 is 0 Å². The monoisotopic (exact) mass is 521 g/mol. The molecule has 0 amide bonds. The van der Waals surface area contributed by atoms with Gasteiger partial charge >= 0.3 is 0 Å². The van der Waals surface area contributed by atoms with E-state index in [0.29, 0.717) is 0 Å². The van der Waals surface area contributed by atoms with Gasteiger partial charge in [0.05, 0.1) is 0 Å². The summed E-state index contributed by atoms with van der Waals surface area (Å²) in [6.45, 7) is 7.56. The van der Waals surface area contributed by atoms with Gasteiger partial charge in [-0.05, 0) is 54.8 Å². The normalized spacial score (nSPS) is 11.8. The van der Waals surface area contributed by atoms with E-state index < -0.39 is 16.1 Å². The Morgan fingerprint density at radius 1 is 0.541 bits per heavy atom. The van der Waals surface area contributed by atoms with Gasteiger partial charge in [-0.2, -0.15) is 0 Å². The third-order valence-electron chi connectivity index (χ3n) is 6.16. The van der Waals surface area contributed by atoms with Crippen LogP contribution in [0.5, 0.6) is 0 Å². The highest BCUT2D eigenvalue weighted by atomic mass is 31.2. The minimum absolute atomic E-state index is 0.749. The Kier molecular flexibility index (Phi) is 10.5. The number of hydrogen-bond acceptors (Lipinski definition) is 1. The highest BCUT2D eigenvalue weighted by Gasteiger charge is 2.30. The predicted molar refractivity (Wildman–Crippen MR) is 167 cm³/mol. The predicted octanol–water partition coefficient (Wildman–Crippen LogP) is 8.08. The summed E-state index contributed by atoms with van der Waals surface area (Å²) >= 11 is 0. The molecular formula is C34H37NP2. The summed E-state index contributed by atoms with van der Waals surface area (Å²) in [6.07, 6.45) is 7.02. The third-order valence-corrected chi connectivity index (χ3v) is 11.6. The van der Waals surface area contributed by atoms with Crippen LogP contribution in [0, 0.1) is 0 Å². The number of rotatable bonds is 11. The molecule has 188 valence electrons. The maximum Gasteiger partial charge on any atom is 0.0326 e. The van der Waals surface area contributed by atoms with Crippen LogP contribution < -0.4 is 21.2 Å². The average molecular weight is 522 g/mol. The van der Waals surface area contributed by atoms with Crippen molar-refractivity contribution >= 4 is 37.4 Å². The summed E-state index contributed by atoms with van der Waals surface area (Å²) in [6, 6.07) is 44.4. The number of hydrogen-bond donors (Lipinski definition) is 0. The Labute approximate surface area is 226 Å². The number of benzene rings is 4. The lowest BCUT2D eigenvalue weighted by atomic mass is 10.1. The van der Waals surface area contributed by atoms with Gasteiger partial charge in [0.25, 0.3) is 0 Å². The Bertz CT molecular complexity index is 1100. The van der Waals surface area contributed by atoms with Crippen LogP contribution in [0.25, 0.3) is 0 Å². The van der Waals surface area contributed by atoms with Gasteiger partial charge < -0.3 is 0 Å². The molecule has 0 N–H and O–H groups in total. The molecule has 0 aliphatic heterocycles. The molecule has 0 heterocycles. The molecule has 0 aromatic heterocycles. The maximum atomic E-state index is 2.80. The highest BCUT2D eigenvalue weighted by molar-refractivity contribution is 7.84. The number of allylic oxidation sites excluding steroid dienone is 3. The second-order valence-corrected chi connectivity index (χ2v) is 14.0. The molecule has 0 saturated heterocycles. The van der Waals surface area contributed by atoms with Gasteiger partial charge in [0, 0.05) is 22.7 Å². The minimum atomic E-state index is -0.749. The van der Waals surface area contributed by atoms with Crippen LogP contribution in [0.1, 0.15) is 33.6 Å². The third kappa shape index (κ3) is 7.83. The van der Waals surface area contributed by atoms with E-state index in [0.717, 1.165) is 19.4 Å². The zero-order chi connectivity index (χ0) is 25.9. The molecule has 0 fully saturated rings. The molecule has 0 unspecified atom stereocenters. The topological polar surface area (TPSA) is 3.24 Å². The molecule has 0 saturated carbocycles. The van der Waals surface area contributed by atoms with Crippen LogP contribution in [-0.4, -0.2) is 11.0 Å². The van der Waals surface area contributed by atoms with Crippen molar-refractivity contribution in [1.29, 1.82) is 0 Å². The first-order chi connectivity index (χ1) is 18.1. The number of nitrogens with zero attached hydrogens (tertiary/aromatic N) is 1. The Morgan fingerprint density at radius 2 is 0.892 bits per heavy atom. The largest absolute Gasteiger partial charge is 0.241 e. The second kappa shape index (κ2) is 14.2. The van der Waals surface area contributed by atoms with E-state index in [9.17, 15) is 0 Å². The summed E-state index contributed by atoms with van der Waals surface area (Å²) in [5.74, 6) is 0. The standard InChI is InChI=1S/C34H37NP2/c1-29(2)17-16-18-30(3)27-28-35(36(31-19-8-4-9-20-31)32-21-10-5-11-22-32)37(33-23-12-6-13-24-33)34-25-14-7-15-26-34/h4-15,17,19-27H,16,18,28H2,1-3H3/b30-27+. The molecule has 4 aromatic carbocycles. The van der Waals surface area contributed by atoms with Crippen molar-refractivity contribution in [2.45, 2.75) is 33.6 Å². The molecule has 0 spiro atoms. The highest BCUT2D eigenvalue weighted by Crippen LogP contribution is 2.54. The van der Waals surface area contributed by atoms with E-state index in [1.54, 1.807) is 0 Å². The van der Waals surface area contributed by atoms with Crippen LogP contribution in [0.3, 0.4) is 0 Å². The molecule has 0 aliphatic carbocycles. The minimum Gasteiger partial charge on any atom is -0.241 e. The Hall–Kier alpha value is -2.82. The first-order valence-electron chi connectivity index (χ1n) is 13.0. The Balaban J connectivity index is 1.84. The van der Waals surface area contributed by atoms with Crippen molar-refractivity contribution in [2.24, 2.45) is 0 Å². The fourth-order valence-corrected chi connectivity index (χ4v) is 10.2. The molecular weight excluding hydrogens is 484 g/mol. The lowest BCUT2D eigenvalue weighted by molar-refractivity contribution is 0.802. The quantitative estimate of drug-likeness (QED) is 0.142. The van der Waals surface area contributed by atoms with Gasteiger partial charge in [-0.3, -0.25) is 0 Å². The van der Waals surface area contributed by atoms with E-state index in [-0.39, 0.29) is 0 Å². The van der Waals surface area contributed by atoms with E-state index in [1.807, 2.05) is 0 Å². The summed E-state index contributed by atoms with van der Waals surface area (Å²) in [5.41, 5.74) is 2.84. The van der Waals surface area contributed by atoms with Gasteiger partial charge in [0.15, 0.2) is 0 Å². The van der Waals surface area contributed by atoms with Gasteiger partial charge in [-0.1, -0.05) is 145 Å². The van der Waals surface area contributed by atoms with Crippen LogP contribution in [0.4, 0.5) is 0 Å². The molecule has 0 radical (unpaired) electrons. The van der Waals surface area contributed by atoms with Gasteiger partial charge in [0.1, 0.15) is 0 Å². The molecule has 0 aliphatic rings. The van der Waals surface area contributed by atoms with Crippen molar-refractivity contribution in [3.8, 4) is 0 Å². The van der Waals surface area contributed by atoms with Gasteiger partial charge in [-0.15, -0.1) is 0 Å². The fraction of sp³-hybridized carbons (Fsp3) is 0.176. The van der Waals surface area contributed by atoms with Crippen molar-refractivity contribution in [3.63, 3.8) is 0 Å². The smallest absolute Gasteiger partial charge is 0.0326 e. The molecule has 1 nitrogen and oxygen atoms in total. The molecule has 4 aromatic rings. The van der Waals surface area contributed by atoms with Gasteiger partial charge in [0.2, 0.25) is 0 Å². The van der Waals surface area contributed by atoms with Crippen molar-refractivity contribution in [3.05, 3.63) is 145 Å². The summed E-state index contributed by atoms with van der Waals surface area (Å²) in [4.78, 5) is 0. The average Bonchev–Trinajstić information content (AvgIpc) is 2.94. The van der Waals surface area contributed by atoms with Crippen molar-refractivity contribution in [1.82, 2.24) is 4.44 Å². The summed E-state index contributed by atoms with van der Waals surface area (Å²) in [5, 5.41) is 5.55. The van der Waals surface area contributed by atoms with Crippen molar-refractivity contribution in [2.75, 3.05) is 6.54 Å². The fourth-order valence-electron chi connectivity index (χ4n) is 4.29. The maximum absolute atomic E-state index is 2.80. The van der Waals surface area contributed by atoms with Gasteiger partial charge in [-0.25, -0.2) is 4.44 Å². The zero-order valence-electron chi connectivity index (χ0n) is 22.2. The van der Waals surface area contributed by atoms with Crippen LogP contribution >= 0.6 is 16.1 Å². The van der Waals surface area contributed by atoms with Crippen molar-refractivity contribution < 1.29 is 0 Å². The molecule has 37 heavy (non-hydrogen) atoms. The molecule has 3 heteroatoms. The van der Waals surface area contributed by atoms with E-state index in [1.165, 1.54) is 32.4 Å². The Morgan fingerprint density at radius 3 is 1.22 bits per heavy atom. The lowest BCUT2D eigenvalue weighted by Gasteiger charge is -2.38. The molecule has 0 atom stereocenters. The summed E-state index contributed by atoms with van der Waals surface area (Å²) < 4.78 is 2.80. The van der Waals surface area contributed by atoms with Crippen LogP contribution in [0.15, 0.2) is 145 Å². The van der Waals surface area contributed by atoms with Crippen LogP contribution in [-0.2, 0) is 0 Å².